The number of hydrogen-bond acceptors (Lipinski definition) is 4. The van der Waals surface area contributed by atoms with E-state index in [1.165, 1.54) is 0 Å². The number of aromatic hydroxyl groups is 1. The number of carbonyl (C=O) groups excluding carboxylic acids is 1. The Labute approximate surface area is 109 Å². The number of fused-ring (bicyclic) bond motifs is 3. The minimum Gasteiger partial charge on any atom is -0.507 e. The van der Waals surface area contributed by atoms with Crippen molar-refractivity contribution in [1.82, 2.24) is 0 Å². The van der Waals surface area contributed by atoms with Gasteiger partial charge in [0.25, 0.3) is 0 Å². The number of hydrogen-bond donors (Lipinski definition) is 2. The maximum absolute atomic E-state index is 11.7. The van der Waals surface area contributed by atoms with Gasteiger partial charge in [0, 0.05) is 23.8 Å². The molecular formula is C14H14O5. The monoisotopic (exact) mass is 262 g/mol. The molecular weight excluding hydrogens is 248 g/mol. The molecule has 1 fully saturated rings. The number of rotatable bonds is 3. The van der Waals surface area contributed by atoms with Crippen molar-refractivity contribution >= 4 is 11.8 Å². The summed E-state index contributed by atoms with van der Waals surface area (Å²) in [6.45, 7) is 2.08. The van der Waals surface area contributed by atoms with Crippen LogP contribution in [-0.2, 0) is 4.79 Å². The van der Waals surface area contributed by atoms with Gasteiger partial charge in [-0.25, -0.2) is 0 Å². The number of phenols is 1. The van der Waals surface area contributed by atoms with E-state index in [9.17, 15) is 14.7 Å². The molecule has 0 amide bonds. The van der Waals surface area contributed by atoms with Crippen molar-refractivity contribution in [3.8, 4) is 11.5 Å². The summed E-state index contributed by atoms with van der Waals surface area (Å²) in [5, 5.41) is 19.4. The summed E-state index contributed by atoms with van der Waals surface area (Å²) < 4.78 is 5.47. The lowest BCUT2D eigenvalue weighted by atomic mass is 9.97. The number of Topliss-reactive ketones (excluding diaryl/α,β-unsaturated/α-hetero) is 1. The molecule has 2 aliphatic rings. The van der Waals surface area contributed by atoms with Crippen LogP contribution in [0.5, 0.6) is 11.5 Å². The Hall–Kier alpha value is -2.04. The summed E-state index contributed by atoms with van der Waals surface area (Å²) in [4.78, 5) is 22.9. The van der Waals surface area contributed by atoms with Gasteiger partial charge < -0.3 is 14.9 Å². The Bertz CT molecular complexity index is 577. The number of ketones is 1. The highest BCUT2D eigenvalue weighted by Gasteiger charge is 2.60. The van der Waals surface area contributed by atoms with Crippen LogP contribution in [0.25, 0.3) is 0 Å². The average Bonchev–Trinajstić information content (AvgIpc) is 3.12. The minimum absolute atomic E-state index is 0.0946. The van der Waals surface area contributed by atoms with Crippen LogP contribution in [0.1, 0.15) is 35.2 Å². The fraction of sp³-hybridized carbons (Fsp3) is 0.429. The lowest BCUT2D eigenvalue weighted by Crippen LogP contribution is -2.10. The van der Waals surface area contributed by atoms with Gasteiger partial charge in [0.15, 0.2) is 5.78 Å². The number of carbonyl (C=O) groups is 2. The Kier molecular flexibility index (Phi) is 2.52. The topological polar surface area (TPSA) is 83.8 Å². The zero-order chi connectivity index (χ0) is 13.7. The van der Waals surface area contributed by atoms with Crippen LogP contribution in [0.2, 0.25) is 0 Å². The lowest BCUT2D eigenvalue weighted by molar-refractivity contribution is -0.139. The summed E-state index contributed by atoms with van der Waals surface area (Å²) in [6, 6.07) is 3.18. The predicted molar refractivity (Wildman–Crippen MR) is 65.6 cm³/mol. The number of phenolic OH excluding ortho intramolecular Hbond substituents is 1. The first-order valence-corrected chi connectivity index (χ1v) is 6.31. The van der Waals surface area contributed by atoms with Crippen LogP contribution in [0.3, 0.4) is 0 Å². The van der Waals surface area contributed by atoms with Crippen molar-refractivity contribution in [1.29, 1.82) is 0 Å². The highest BCUT2D eigenvalue weighted by molar-refractivity contribution is 5.99. The van der Waals surface area contributed by atoms with Gasteiger partial charge in [-0.2, -0.15) is 0 Å². The second kappa shape index (κ2) is 3.98. The number of carboxylic acids is 1. The number of aliphatic carboxylic acids is 1. The SMILES string of the molecule is CCC(=O)c1ccc2c(c1O)[C@H]1[C@@H](CO2)[C@H]1C(=O)O. The maximum atomic E-state index is 11.7. The molecule has 0 bridgehead atoms. The van der Waals surface area contributed by atoms with E-state index in [0.29, 0.717) is 24.3 Å². The van der Waals surface area contributed by atoms with Crippen molar-refractivity contribution in [3.05, 3.63) is 23.3 Å². The first kappa shape index (κ1) is 12.0. The molecule has 0 spiro atoms. The van der Waals surface area contributed by atoms with Gasteiger partial charge in [-0.3, -0.25) is 9.59 Å². The molecule has 1 heterocycles. The summed E-state index contributed by atoms with van der Waals surface area (Å²) in [7, 11) is 0. The zero-order valence-electron chi connectivity index (χ0n) is 10.4. The van der Waals surface area contributed by atoms with Crippen LogP contribution in [0, 0.1) is 11.8 Å². The van der Waals surface area contributed by atoms with Crippen LogP contribution in [0.4, 0.5) is 0 Å². The second-order valence-corrected chi connectivity index (χ2v) is 5.01. The van der Waals surface area contributed by atoms with Crippen molar-refractivity contribution < 1.29 is 24.5 Å². The number of carboxylic acid groups (broad SMARTS) is 1. The first-order valence-electron chi connectivity index (χ1n) is 6.31. The predicted octanol–water partition coefficient (Wildman–Crippen LogP) is 1.79. The van der Waals surface area contributed by atoms with Gasteiger partial charge in [0.2, 0.25) is 0 Å². The van der Waals surface area contributed by atoms with Gasteiger partial charge >= 0.3 is 5.97 Å². The number of ether oxygens (including phenoxy) is 1. The molecule has 3 atom stereocenters. The molecule has 0 radical (unpaired) electrons. The Morgan fingerprint density at radius 3 is 2.79 bits per heavy atom. The van der Waals surface area contributed by atoms with E-state index in [2.05, 4.69) is 0 Å². The molecule has 5 nitrogen and oxygen atoms in total. The normalized spacial score (nSPS) is 26.9. The van der Waals surface area contributed by atoms with Gasteiger partial charge in [0.1, 0.15) is 11.5 Å². The summed E-state index contributed by atoms with van der Waals surface area (Å²) in [6.07, 6.45) is 0.295. The van der Waals surface area contributed by atoms with E-state index in [1.54, 1.807) is 19.1 Å². The minimum atomic E-state index is -0.877. The first-order chi connectivity index (χ1) is 9.06. The van der Waals surface area contributed by atoms with E-state index in [4.69, 9.17) is 9.84 Å². The molecule has 0 unspecified atom stereocenters. The van der Waals surface area contributed by atoms with E-state index < -0.39 is 11.9 Å². The van der Waals surface area contributed by atoms with Crippen LogP contribution < -0.4 is 4.74 Å². The summed E-state index contributed by atoms with van der Waals surface area (Å²) >= 11 is 0. The van der Waals surface area contributed by atoms with Gasteiger partial charge in [-0.1, -0.05) is 6.92 Å². The molecule has 0 aromatic heterocycles. The summed E-state index contributed by atoms with van der Waals surface area (Å²) in [5.74, 6) is -1.49. The highest BCUT2D eigenvalue weighted by Crippen LogP contribution is 2.61. The molecule has 3 rings (SSSR count). The van der Waals surface area contributed by atoms with Crippen LogP contribution >= 0.6 is 0 Å². The second-order valence-electron chi connectivity index (χ2n) is 5.01. The molecule has 1 aliphatic heterocycles. The van der Waals surface area contributed by atoms with Crippen molar-refractivity contribution in [2.24, 2.45) is 11.8 Å². The maximum Gasteiger partial charge on any atom is 0.307 e. The number of benzene rings is 1. The molecule has 1 aromatic rings. The van der Waals surface area contributed by atoms with E-state index in [-0.39, 0.29) is 28.9 Å². The standard InChI is InChI=1S/C14H14O5/c1-2-8(15)6-3-4-9-12(13(6)16)10-7(5-19-9)11(10)14(17)18/h3-4,7,10-11,16H,2,5H2,1H3,(H,17,18)/t7-,10+,11-/m1/s1. The largest absolute Gasteiger partial charge is 0.507 e. The molecule has 0 saturated heterocycles. The quantitative estimate of drug-likeness (QED) is 0.811. The van der Waals surface area contributed by atoms with Gasteiger partial charge in [-0.05, 0) is 12.1 Å². The third kappa shape index (κ3) is 1.61. The molecule has 2 N–H and O–H groups in total. The average molecular weight is 262 g/mol. The molecule has 1 saturated carbocycles. The molecule has 1 aliphatic carbocycles. The highest BCUT2D eigenvalue weighted by atomic mass is 16.5. The fourth-order valence-electron chi connectivity index (χ4n) is 2.95. The molecule has 19 heavy (non-hydrogen) atoms. The van der Waals surface area contributed by atoms with Crippen LogP contribution in [-0.4, -0.2) is 28.6 Å². The lowest BCUT2D eigenvalue weighted by Gasteiger charge is -2.18. The van der Waals surface area contributed by atoms with Crippen molar-refractivity contribution in [3.63, 3.8) is 0 Å². The van der Waals surface area contributed by atoms with Gasteiger partial charge in [-0.15, -0.1) is 0 Å². The Morgan fingerprint density at radius 2 is 2.16 bits per heavy atom. The Balaban J connectivity index is 2.07. The molecule has 100 valence electrons. The van der Waals surface area contributed by atoms with Crippen LogP contribution in [0.15, 0.2) is 12.1 Å². The van der Waals surface area contributed by atoms with Crippen molar-refractivity contribution in [2.45, 2.75) is 19.3 Å². The van der Waals surface area contributed by atoms with Crippen molar-refractivity contribution in [2.75, 3.05) is 6.61 Å². The van der Waals surface area contributed by atoms with E-state index in [0.717, 1.165) is 0 Å². The fourth-order valence-corrected chi connectivity index (χ4v) is 2.95. The third-order valence-corrected chi connectivity index (χ3v) is 4.02. The zero-order valence-corrected chi connectivity index (χ0v) is 10.4. The molecule has 5 heteroatoms. The van der Waals surface area contributed by atoms with E-state index >= 15 is 0 Å². The smallest absolute Gasteiger partial charge is 0.307 e. The Morgan fingerprint density at radius 1 is 1.42 bits per heavy atom. The third-order valence-electron chi connectivity index (χ3n) is 4.02. The van der Waals surface area contributed by atoms with Gasteiger partial charge in [0.05, 0.1) is 18.1 Å². The van der Waals surface area contributed by atoms with E-state index in [1.807, 2.05) is 0 Å². The summed E-state index contributed by atoms with van der Waals surface area (Å²) in [5.41, 5.74) is 0.740. The molecule has 1 aromatic carbocycles.